The molecule has 0 saturated carbocycles. The number of hydrogen-bond donors (Lipinski definition) is 0. The Balaban J connectivity index is 1.79. The Morgan fingerprint density at radius 1 is 1.38 bits per heavy atom. The second kappa shape index (κ2) is 7.18. The predicted molar refractivity (Wildman–Crippen MR) is 99.3 cm³/mol. The molecule has 2 heterocycles. The van der Waals surface area contributed by atoms with E-state index in [0.29, 0.717) is 11.6 Å². The first-order valence-electron chi connectivity index (χ1n) is 8.05. The van der Waals surface area contributed by atoms with Crippen LogP contribution in [0.5, 0.6) is 0 Å². The molecule has 0 radical (unpaired) electrons. The molecule has 1 atom stereocenters. The van der Waals surface area contributed by atoms with Crippen molar-refractivity contribution in [3.63, 3.8) is 0 Å². The quantitative estimate of drug-likeness (QED) is 0.808. The zero-order valence-corrected chi connectivity index (χ0v) is 15.5. The molecule has 1 fully saturated rings. The molecule has 1 aromatic heterocycles. The van der Waals surface area contributed by atoms with Gasteiger partial charge in [-0.05, 0) is 44.0 Å². The van der Waals surface area contributed by atoms with Crippen LogP contribution in [0.15, 0.2) is 34.9 Å². The highest BCUT2D eigenvalue weighted by Crippen LogP contribution is 2.27. The number of likely N-dealkylation sites (N-methyl/N-ethyl adjacent to an activating group) is 1. The monoisotopic (exact) mass is 385 g/mol. The molecule has 1 aliphatic rings. The Morgan fingerprint density at radius 2 is 2.21 bits per heavy atom. The van der Waals surface area contributed by atoms with E-state index in [9.17, 15) is 5.26 Å². The third kappa shape index (κ3) is 3.68. The first kappa shape index (κ1) is 16.7. The molecule has 0 N–H and O–H groups in total. The number of hydrogen-bond acceptors (Lipinski definition) is 5. The summed E-state index contributed by atoms with van der Waals surface area (Å²) < 4.78 is 0.939. The van der Waals surface area contributed by atoms with E-state index in [1.165, 1.54) is 0 Å². The lowest BCUT2D eigenvalue weighted by molar-refractivity contribution is 0.483. The van der Waals surface area contributed by atoms with Gasteiger partial charge in [-0.15, -0.1) is 0 Å². The molecule has 0 spiro atoms. The van der Waals surface area contributed by atoms with Crippen LogP contribution in [-0.2, 0) is 0 Å². The summed E-state index contributed by atoms with van der Waals surface area (Å²) in [7, 11) is 2.06. The number of aromatic nitrogens is 2. The minimum Gasteiger partial charge on any atom is -0.369 e. The average molecular weight is 386 g/mol. The van der Waals surface area contributed by atoms with Crippen molar-refractivity contribution >= 4 is 27.6 Å². The number of halogens is 1. The minimum atomic E-state index is 0.352. The molecule has 3 rings (SSSR count). The molecular weight excluding hydrogens is 366 g/mol. The van der Waals surface area contributed by atoms with Crippen molar-refractivity contribution in [1.82, 2.24) is 9.97 Å². The van der Waals surface area contributed by atoms with Crippen LogP contribution in [0.1, 0.15) is 24.1 Å². The van der Waals surface area contributed by atoms with Crippen LogP contribution in [-0.4, -0.2) is 36.1 Å². The summed E-state index contributed by atoms with van der Waals surface area (Å²) in [5, 5.41) is 9.19. The maximum atomic E-state index is 9.19. The van der Waals surface area contributed by atoms with Crippen molar-refractivity contribution in [2.24, 2.45) is 0 Å². The molecule has 124 valence electrons. The molecule has 6 heteroatoms. The van der Waals surface area contributed by atoms with E-state index in [1.54, 1.807) is 0 Å². The van der Waals surface area contributed by atoms with Crippen molar-refractivity contribution in [2.45, 2.75) is 25.8 Å². The van der Waals surface area contributed by atoms with Crippen LogP contribution in [0.3, 0.4) is 0 Å². The Morgan fingerprint density at radius 3 is 2.96 bits per heavy atom. The SMILES string of the molecule is Cc1ccnc(N(C)C2CCCN(c3cc(Br)cc(C#N)c3)C2)n1. The fourth-order valence-electron chi connectivity index (χ4n) is 3.10. The molecule has 0 bridgehead atoms. The summed E-state index contributed by atoms with van der Waals surface area (Å²) >= 11 is 3.50. The van der Waals surface area contributed by atoms with E-state index in [0.717, 1.165) is 47.7 Å². The Labute approximate surface area is 151 Å². The van der Waals surface area contributed by atoms with E-state index in [-0.39, 0.29) is 0 Å². The van der Waals surface area contributed by atoms with Gasteiger partial charge in [0.1, 0.15) is 0 Å². The summed E-state index contributed by atoms with van der Waals surface area (Å²) in [4.78, 5) is 13.4. The van der Waals surface area contributed by atoms with Gasteiger partial charge < -0.3 is 9.80 Å². The second-order valence-electron chi connectivity index (χ2n) is 6.16. The summed E-state index contributed by atoms with van der Waals surface area (Å²) in [5.41, 5.74) is 2.74. The standard InChI is InChI=1S/C18H20BrN5/c1-13-5-6-21-18(22-13)23(2)16-4-3-7-24(12-16)17-9-14(11-20)8-15(19)10-17/h5-6,8-10,16H,3-4,7,12H2,1-2H3. The fourth-order valence-corrected chi connectivity index (χ4v) is 3.58. The van der Waals surface area contributed by atoms with Crippen LogP contribution in [0.25, 0.3) is 0 Å². The lowest BCUT2D eigenvalue weighted by atomic mass is 10.0. The summed E-state index contributed by atoms with van der Waals surface area (Å²) in [6.45, 7) is 3.88. The van der Waals surface area contributed by atoms with Gasteiger partial charge in [-0.1, -0.05) is 15.9 Å². The number of rotatable bonds is 3. The first-order valence-corrected chi connectivity index (χ1v) is 8.84. The molecule has 1 aromatic carbocycles. The van der Waals surface area contributed by atoms with Crippen molar-refractivity contribution in [3.8, 4) is 6.07 Å². The molecule has 1 aliphatic heterocycles. The van der Waals surface area contributed by atoms with Crippen LogP contribution in [0, 0.1) is 18.3 Å². The van der Waals surface area contributed by atoms with Crippen molar-refractivity contribution < 1.29 is 0 Å². The highest BCUT2D eigenvalue weighted by atomic mass is 79.9. The third-order valence-corrected chi connectivity index (χ3v) is 4.88. The van der Waals surface area contributed by atoms with Crippen LogP contribution >= 0.6 is 15.9 Å². The Hall–Kier alpha value is -2.13. The molecular formula is C18H20BrN5. The summed E-state index contributed by atoms with van der Waals surface area (Å²) in [5.74, 6) is 0.772. The zero-order valence-electron chi connectivity index (χ0n) is 13.9. The zero-order chi connectivity index (χ0) is 17.1. The van der Waals surface area contributed by atoms with Gasteiger partial charge in [0, 0.05) is 48.2 Å². The van der Waals surface area contributed by atoms with Gasteiger partial charge in [-0.25, -0.2) is 9.97 Å². The van der Waals surface area contributed by atoms with Gasteiger partial charge in [0.15, 0.2) is 0 Å². The maximum Gasteiger partial charge on any atom is 0.225 e. The van der Waals surface area contributed by atoms with Crippen molar-refractivity contribution in [1.29, 1.82) is 5.26 Å². The van der Waals surface area contributed by atoms with Gasteiger partial charge in [0.2, 0.25) is 5.95 Å². The van der Waals surface area contributed by atoms with Gasteiger partial charge >= 0.3 is 0 Å². The second-order valence-corrected chi connectivity index (χ2v) is 7.08. The number of nitrogens with zero attached hydrogens (tertiary/aromatic N) is 5. The predicted octanol–water partition coefficient (Wildman–Crippen LogP) is 3.52. The Kier molecular flexibility index (Phi) is 5.00. The van der Waals surface area contributed by atoms with Gasteiger partial charge in [-0.2, -0.15) is 5.26 Å². The van der Waals surface area contributed by atoms with E-state index in [2.05, 4.69) is 54.9 Å². The van der Waals surface area contributed by atoms with Crippen LogP contribution in [0.4, 0.5) is 11.6 Å². The largest absolute Gasteiger partial charge is 0.369 e. The molecule has 1 unspecified atom stereocenters. The minimum absolute atomic E-state index is 0.352. The van der Waals surface area contributed by atoms with E-state index >= 15 is 0 Å². The maximum absolute atomic E-state index is 9.19. The average Bonchev–Trinajstić information content (AvgIpc) is 2.60. The molecule has 0 amide bonds. The van der Waals surface area contributed by atoms with Crippen molar-refractivity contribution in [2.75, 3.05) is 29.9 Å². The number of anilines is 2. The molecule has 2 aromatic rings. The van der Waals surface area contributed by atoms with Gasteiger partial charge in [0.25, 0.3) is 0 Å². The lowest BCUT2D eigenvalue weighted by Crippen LogP contribution is -2.47. The highest BCUT2D eigenvalue weighted by molar-refractivity contribution is 9.10. The van der Waals surface area contributed by atoms with Crippen molar-refractivity contribution in [3.05, 3.63) is 46.2 Å². The number of nitriles is 1. The molecule has 5 nitrogen and oxygen atoms in total. The van der Waals surface area contributed by atoms with Gasteiger partial charge in [0.05, 0.1) is 11.6 Å². The topological polar surface area (TPSA) is 56.1 Å². The molecule has 24 heavy (non-hydrogen) atoms. The first-order chi connectivity index (χ1) is 11.6. The highest BCUT2D eigenvalue weighted by Gasteiger charge is 2.25. The Bertz CT molecular complexity index is 770. The lowest BCUT2D eigenvalue weighted by Gasteiger charge is -2.39. The number of aryl methyl sites for hydroxylation is 1. The molecule has 1 saturated heterocycles. The fraction of sp³-hybridized carbons (Fsp3) is 0.389. The molecule has 0 aliphatic carbocycles. The summed E-state index contributed by atoms with van der Waals surface area (Å²) in [6.07, 6.45) is 4.03. The van der Waals surface area contributed by atoms with Crippen LogP contribution < -0.4 is 9.80 Å². The smallest absolute Gasteiger partial charge is 0.225 e. The van der Waals surface area contributed by atoms with E-state index in [1.807, 2.05) is 31.3 Å². The van der Waals surface area contributed by atoms with Crippen LogP contribution in [0.2, 0.25) is 0 Å². The van der Waals surface area contributed by atoms with E-state index < -0.39 is 0 Å². The van der Waals surface area contributed by atoms with E-state index in [4.69, 9.17) is 0 Å². The normalized spacial score (nSPS) is 17.4. The number of piperidine rings is 1. The van der Waals surface area contributed by atoms with Gasteiger partial charge in [-0.3, -0.25) is 0 Å². The number of benzene rings is 1. The third-order valence-electron chi connectivity index (χ3n) is 4.42. The summed E-state index contributed by atoms with van der Waals surface area (Å²) in [6, 6.07) is 10.4.